The Morgan fingerprint density at radius 3 is 2.42 bits per heavy atom. The van der Waals surface area contributed by atoms with Gasteiger partial charge in [0.25, 0.3) is 5.91 Å². The molecule has 2 fully saturated rings. The van der Waals surface area contributed by atoms with Gasteiger partial charge in [-0.2, -0.15) is 0 Å². The topological polar surface area (TPSA) is 59.2 Å². The first-order valence-electron chi connectivity index (χ1n) is 8.74. The van der Waals surface area contributed by atoms with Gasteiger partial charge in [0.2, 0.25) is 11.9 Å². The predicted octanol–water partition coefficient (Wildman–Crippen LogP) is 1.61. The lowest BCUT2D eigenvalue weighted by atomic mass is 10.1. The molecule has 7 nitrogen and oxygen atoms in total. The van der Waals surface area contributed by atoms with Crippen molar-refractivity contribution in [2.75, 3.05) is 27.2 Å². The molecule has 136 valence electrons. The van der Waals surface area contributed by atoms with E-state index in [9.17, 15) is 9.59 Å². The van der Waals surface area contributed by atoms with E-state index in [2.05, 4.69) is 4.58 Å². The fraction of sp³-hybridized carbons (Fsp3) is 0.444. The van der Waals surface area contributed by atoms with Crippen LogP contribution < -0.4 is 0 Å². The standard InChI is InChI=1S/C18H21ClN5O2/c1-21-15-14(16(25)22(2)18(21)26)24(11-12-5-7-13(19)8-6-12)17(20-15)23-9-3-4-10-23/h5-8,14H,3-4,9-11H2,1-2H3/q+1. The first-order valence-corrected chi connectivity index (χ1v) is 9.12. The van der Waals surface area contributed by atoms with Gasteiger partial charge in [0.1, 0.15) is 0 Å². The summed E-state index contributed by atoms with van der Waals surface area (Å²) in [5.74, 6) is 1.05. The van der Waals surface area contributed by atoms with Gasteiger partial charge in [-0.15, -0.1) is 0 Å². The minimum atomic E-state index is -0.575. The predicted molar refractivity (Wildman–Crippen MR) is 98.4 cm³/mol. The largest absolute Gasteiger partial charge is 0.392 e. The Kier molecular flexibility index (Phi) is 4.19. The molecule has 3 amide bonds. The summed E-state index contributed by atoms with van der Waals surface area (Å²) in [6.45, 7) is 2.36. The fourth-order valence-corrected chi connectivity index (χ4v) is 3.83. The van der Waals surface area contributed by atoms with E-state index in [4.69, 9.17) is 16.6 Å². The zero-order chi connectivity index (χ0) is 18.4. The van der Waals surface area contributed by atoms with E-state index in [0.29, 0.717) is 17.4 Å². The Bertz CT molecular complexity index is 824. The number of carbonyl (C=O) groups excluding carboxylic acids is 2. The van der Waals surface area contributed by atoms with Gasteiger partial charge in [-0.3, -0.25) is 19.2 Å². The maximum absolute atomic E-state index is 12.9. The van der Waals surface area contributed by atoms with Crippen molar-refractivity contribution in [2.45, 2.75) is 25.4 Å². The molecule has 1 aromatic rings. The number of likely N-dealkylation sites (N-methyl/N-ethyl adjacent to an activating group) is 2. The number of amidine groups is 1. The van der Waals surface area contributed by atoms with Crippen molar-refractivity contribution >= 4 is 35.3 Å². The number of guanidine groups is 1. The third-order valence-electron chi connectivity index (χ3n) is 5.16. The van der Waals surface area contributed by atoms with Crippen LogP contribution in [0.4, 0.5) is 4.79 Å². The molecular weight excluding hydrogens is 354 g/mol. The highest BCUT2D eigenvalue weighted by Crippen LogP contribution is 2.26. The number of rotatable bonds is 2. The molecule has 8 heteroatoms. The Morgan fingerprint density at radius 1 is 1.12 bits per heavy atom. The molecule has 1 atom stereocenters. The fourth-order valence-electron chi connectivity index (χ4n) is 3.70. The van der Waals surface area contributed by atoms with Crippen LogP contribution in [0.25, 0.3) is 0 Å². The molecule has 0 saturated carbocycles. The van der Waals surface area contributed by atoms with Gasteiger partial charge in [-0.1, -0.05) is 28.7 Å². The van der Waals surface area contributed by atoms with E-state index < -0.39 is 6.04 Å². The number of urea groups is 1. The summed E-state index contributed by atoms with van der Waals surface area (Å²) in [6.07, 6.45) is 2.22. The molecule has 1 aromatic carbocycles. The molecule has 26 heavy (non-hydrogen) atoms. The van der Waals surface area contributed by atoms with Crippen molar-refractivity contribution in [1.29, 1.82) is 0 Å². The van der Waals surface area contributed by atoms with E-state index in [1.807, 2.05) is 29.2 Å². The molecule has 3 aliphatic heterocycles. The molecule has 2 saturated heterocycles. The third-order valence-corrected chi connectivity index (χ3v) is 5.42. The summed E-state index contributed by atoms with van der Waals surface area (Å²) >= 11 is 5.99. The molecule has 0 spiro atoms. The highest BCUT2D eigenvalue weighted by Gasteiger charge is 2.55. The van der Waals surface area contributed by atoms with Crippen LogP contribution in [0.5, 0.6) is 0 Å². The molecule has 1 unspecified atom stereocenters. The van der Waals surface area contributed by atoms with Crippen molar-refractivity contribution in [2.24, 2.45) is 4.99 Å². The number of nitrogens with zero attached hydrogens (tertiary/aromatic N) is 5. The van der Waals surface area contributed by atoms with E-state index in [1.54, 1.807) is 7.05 Å². The lowest BCUT2D eigenvalue weighted by Crippen LogP contribution is -2.62. The highest BCUT2D eigenvalue weighted by atomic mass is 35.5. The van der Waals surface area contributed by atoms with E-state index >= 15 is 0 Å². The summed E-state index contributed by atoms with van der Waals surface area (Å²) in [4.78, 5) is 34.6. The van der Waals surface area contributed by atoms with Crippen molar-refractivity contribution in [1.82, 2.24) is 14.7 Å². The SMILES string of the molecule is CN1C(=O)C2C(=NC(=[N+]3CCCC3)N2Cc2ccc(Cl)cc2)N(C)C1=O. The number of fused-ring (bicyclic) bond motifs is 1. The van der Waals surface area contributed by atoms with Crippen molar-refractivity contribution < 1.29 is 14.2 Å². The summed E-state index contributed by atoms with van der Waals surface area (Å²) in [7, 11) is 3.19. The van der Waals surface area contributed by atoms with Gasteiger partial charge in [0, 0.05) is 19.1 Å². The summed E-state index contributed by atoms with van der Waals surface area (Å²) in [6, 6.07) is 6.67. The van der Waals surface area contributed by atoms with Gasteiger partial charge < -0.3 is 0 Å². The van der Waals surface area contributed by atoms with Crippen LogP contribution in [0, 0.1) is 0 Å². The summed E-state index contributed by atoms with van der Waals surface area (Å²) in [5.41, 5.74) is 1.04. The Labute approximate surface area is 157 Å². The van der Waals surface area contributed by atoms with E-state index in [1.165, 1.54) is 16.8 Å². The number of halogens is 1. The average Bonchev–Trinajstić information content (AvgIpc) is 3.28. The van der Waals surface area contributed by atoms with Crippen LogP contribution in [0.1, 0.15) is 18.4 Å². The van der Waals surface area contributed by atoms with Gasteiger partial charge in [-0.05, 0) is 30.5 Å². The molecule has 4 rings (SSSR count). The maximum atomic E-state index is 12.9. The Hall–Kier alpha value is -2.41. The van der Waals surface area contributed by atoms with Gasteiger partial charge in [0.05, 0.1) is 19.6 Å². The number of hydrogen-bond donors (Lipinski definition) is 0. The second kappa shape index (κ2) is 6.39. The van der Waals surface area contributed by atoms with Crippen LogP contribution in [-0.4, -0.2) is 76.2 Å². The summed E-state index contributed by atoms with van der Waals surface area (Å²) in [5, 5.41) is 0.676. The molecule has 0 aliphatic carbocycles. The number of amides is 3. The van der Waals surface area contributed by atoms with Gasteiger partial charge >= 0.3 is 12.0 Å². The van der Waals surface area contributed by atoms with Crippen LogP contribution >= 0.6 is 11.6 Å². The smallest absolute Gasteiger partial charge is 0.270 e. The number of hydrogen-bond acceptors (Lipinski definition) is 2. The number of carbonyl (C=O) groups is 2. The quantitative estimate of drug-likeness (QED) is 0.739. The van der Waals surface area contributed by atoms with Crippen molar-refractivity contribution in [3.05, 3.63) is 34.9 Å². The summed E-state index contributed by atoms with van der Waals surface area (Å²) < 4.78 is 2.20. The first kappa shape index (κ1) is 17.0. The lowest BCUT2D eigenvalue weighted by molar-refractivity contribution is -0.512. The Balaban J connectivity index is 1.76. The number of imide groups is 1. The number of aliphatic imine (C=N–C) groups is 1. The maximum Gasteiger partial charge on any atom is 0.392 e. The first-order chi connectivity index (χ1) is 12.5. The minimum Gasteiger partial charge on any atom is -0.270 e. The molecule has 3 aliphatic rings. The molecule has 0 N–H and O–H groups in total. The van der Waals surface area contributed by atoms with Crippen LogP contribution in [0.15, 0.2) is 29.3 Å². The number of benzene rings is 1. The normalized spacial score (nSPS) is 23.1. The second-order valence-electron chi connectivity index (χ2n) is 6.86. The van der Waals surface area contributed by atoms with Crippen molar-refractivity contribution in [3.63, 3.8) is 0 Å². The molecular formula is C18H21ClN5O2+. The van der Waals surface area contributed by atoms with E-state index in [0.717, 1.165) is 37.5 Å². The zero-order valence-electron chi connectivity index (χ0n) is 14.9. The van der Waals surface area contributed by atoms with Gasteiger partial charge in [0.15, 0.2) is 0 Å². The Morgan fingerprint density at radius 2 is 1.77 bits per heavy atom. The van der Waals surface area contributed by atoms with Crippen LogP contribution in [0.2, 0.25) is 5.02 Å². The molecule has 0 aromatic heterocycles. The third kappa shape index (κ3) is 2.67. The lowest BCUT2D eigenvalue weighted by Gasteiger charge is -2.33. The molecule has 0 bridgehead atoms. The highest BCUT2D eigenvalue weighted by molar-refractivity contribution is 6.30. The van der Waals surface area contributed by atoms with Crippen LogP contribution in [-0.2, 0) is 11.3 Å². The van der Waals surface area contributed by atoms with Gasteiger partial charge in [-0.25, -0.2) is 9.69 Å². The zero-order valence-corrected chi connectivity index (χ0v) is 15.6. The average molecular weight is 375 g/mol. The second-order valence-corrected chi connectivity index (χ2v) is 7.30. The molecule has 0 radical (unpaired) electrons. The van der Waals surface area contributed by atoms with Crippen LogP contribution in [0.3, 0.4) is 0 Å². The minimum absolute atomic E-state index is 0.241. The monoisotopic (exact) mass is 374 g/mol. The van der Waals surface area contributed by atoms with Crippen molar-refractivity contribution in [3.8, 4) is 0 Å². The van der Waals surface area contributed by atoms with E-state index in [-0.39, 0.29) is 11.9 Å². The molecule has 3 heterocycles.